The van der Waals surface area contributed by atoms with Crippen LogP contribution < -0.4 is 9.46 Å². The molecule has 0 bridgehead atoms. The molecule has 1 heterocycles. The van der Waals surface area contributed by atoms with Gasteiger partial charge < -0.3 is 4.74 Å². The molecule has 0 saturated carbocycles. The molecule has 0 aliphatic rings. The average Bonchev–Trinajstić information content (AvgIpc) is 2.53. The van der Waals surface area contributed by atoms with E-state index in [2.05, 4.69) is 9.71 Å². The summed E-state index contributed by atoms with van der Waals surface area (Å²) < 4.78 is 33.7. The number of fused-ring (bicyclic) bond motifs is 1. The summed E-state index contributed by atoms with van der Waals surface area (Å²) in [4.78, 5) is 4.34. The van der Waals surface area contributed by atoms with Crippen LogP contribution in [0.3, 0.4) is 0 Å². The SMILES string of the molecule is CCOc1ccc(S(=O)(=O)Nc2cc(Cl)cc(Cl)c2)c2cccnc12. The monoisotopic (exact) mass is 396 g/mol. The van der Waals surface area contributed by atoms with Crippen LogP contribution in [0.2, 0.25) is 10.0 Å². The van der Waals surface area contributed by atoms with Crippen LogP contribution in [0, 0.1) is 0 Å². The molecule has 0 spiro atoms. The topological polar surface area (TPSA) is 68.3 Å². The zero-order valence-electron chi connectivity index (χ0n) is 13.2. The second kappa shape index (κ2) is 7.07. The fourth-order valence-electron chi connectivity index (χ4n) is 2.45. The lowest BCUT2D eigenvalue weighted by molar-refractivity contribution is 0.343. The molecule has 0 fully saturated rings. The summed E-state index contributed by atoms with van der Waals surface area (Å²) in [6.45, 7) is 2.31. The van der Waals surface area contributed by atoms with Crippen molar-refractivity contribution in [1.82, 2.24) is 4.98 Å². The van der Waals surface area contributed by atoms with Crippen LogP contribution in [-0.4, -0.2) is 20.0 Å². The van der Waals surface area contributed by atoms with Crippen molar-refractivity contribution < 1.29 is 13.2 Å². The lowest BCUT2D eigenvalue weighted by Crippen LogP contribution is -2.13. The van der Waals surface area contributed by atoms with Crippen LogP contribution in [0.15, 0.2) is 53.6 Å². The Labute approximate surface area is 155 Å². The molecule has 0 unspecified atom stereocenters. The first-order valence-electron chi connectivity index (χ1n) is 7.40. The van der Waals surface area contributed by atoms with Gasteiger partial charge in [-0.1, -0.05) is 23.2 Å². The predicted octanol–water partition coefficient (Wildman–Crippen LogP) is 4.74. The molecule has 3 rings (SSSR count). The van der Waals surface area contributed by atoms with E-state index in [4.69, 9.17) is 27.9 Å². The summed E-state index contributed by atoms with van der Waals surface area (Å²) in [6.07, 6.45) is 1.59. The molecule has 0 radical (unpaired) electrons. The fourth-order valence-corrected chi connectivity index (χ4v) is 4.22. The molecule has 8 heteroatoms. The van der Waals surface area contributed by atoms with E-state index in [1.165, 1.54) is 24.3 Å². The van der Waals surface area contributed by atoms with Crippen LogP contribution in [0.5, 0.6) is 5.75 Å². The number of hydrogen-bond donors (Lipinski definition) is 1. The number of pyridine rings is 1. The number of hydrogen-bond acceptors (Lipinski definition) is 4. The van der Waals surface area contributed by atoms with Crippen LogP contribution in [0.1, 0.15) is 6.92 Å². The smallest absolute Gasteiger partial charge is 0.262 e. The highest BCUT2D eigenvalue weighted by molar-refractivity contribution is 7.93. The third-order valence-electron chi connectivity index (χ3n) is 3.40. The van der Waals surface area contributed by atoms with E-state index in [0.29, 0.717) is 33.3 Å². The van der Waals surface area contributed by atoms with Gasteiger partial charge in [0.25, 0.3) is 10.0 Å². The number of ether oxygens (including phenoxy) is 1. The highest BCUT2D eigenvalue weighted by atomic mass is 35.5. The number of benzene rings is 2. The Hall–Kier alpha value is -2.02. The van der Waals surface area contributed by atoms with E-state index < -0.39 is 10.0 Å². The summed E-state index contributed by atoms with van der Waals surface area (Å²) in [5.41, 5.74) is 0.764. The molecule has 0 amide bonds. The molecular formula is C17H14Cl2N2O3S. The van der Waals surface area contributed by atoms with E-state index in [0.717, 1.165) is 0 Å². The lowest BCUT2D eigenvalue weighted by atomic mass is 10.2. The van der Waals surface area contributed by atoms with Crippen molar-refractivity contribution in [2.45, 2.75) is 11.8 Å². The maximum Gasteiger partial charge on any atom is 0.262 e. The van der Waals surface area contributed by atoms with Crippen molar-refractivity contribution in [1.29, 1.82) is 0 Å². The summed E-state index contributed by atoms with van der Waals surface area (Å²) in [5.74, 6) is 0.530. The second-order valence-electron chi connectivity index (χ2n) is 5.16. The Balaban J connectivity index is 2.10. The number of rotatable bonds is 5. The maximum atomic E-state index is 12.8. The van der Waals surface area contributed by atoms with Gasteiger partial charge in [-0.3, -0.25) is 9.71 Å². The zero-order chi connectivity index (χ0) is 18.0. The Morgan fingerprint density at radius 1 is 1.12 bits per heavy atom. The minimum Gasteiger partial charge on any atom is -0.492 e. The first-order valence-corrected chi connectivity index (χ1v) is 9.64. The van der Waals surface area contributed by atoms with Crippen LogP contribution >= 0.6 is 23.2 Å². The van der Waals surface area contributed by atoms with Gasteiger partial charge in [-0.25, -0.2) is 8.42 Å². The van der Waals surface area contributed by atoms with Crippen LogP contribution in [0.25, 0.3) is 10.9 Å². The first kappa shape index (κ1) is 17.8. The quantitative estimate of drug-likeness (QED) is 0.675. The van der Waals surface area contributed by atoms with Gasteiger partial charge in [0.05, 0.1) is 17.2 Å². The highest BCUT2D eigenvalue weighted by Crippen LogP contribution is 2.31. The van der Waals surface area contributed by atoms with E-state index in [1.54, 1.807) is 24.4 Å². The standard InChI is InChI=1S/C17H14Cl2N2O3S/c1-2-24-15-5-6-16(14-4-3-7-20-17(14)15)25(22,23)21-13-9-11(18)8-12(19)10-13/h3-10,21H,2H2,1H3. The largest absolute Gasteiger partial charge is 0.492 e. The summed E-state index contributed by atoms with van der Waals surface area (Å²) in [6, 6.07) is 10.9. The predicted molar refractivity (Wildman–Crippen MR) is 100 cm³/mol. The average molecular weight is 397 g/mol. The van der Waals surface area contributed by atoms with Crippen molar-refractivity contribution in [3.05, 3.63) is 58.7 Å². The summed E-state index contributed by atoms with van der Waals surface area (Å²) in [5, 5.41) is 1.14. The number of sulfonamides is 1. The molecule has 0 aliphatic heterocycles. The van der Waals surface area contributed by atoms with Crippen molar-refractivity contribution in [3.63, 3.8) is 0 Å². The van der Waals surface area contributed by atoms with Crippen LogP contribution in [-0.2, 0) is 10.0 Å². The molecule has 0 saturated heterocycles. The maximum absolute atomic E-state index is 12.8. The number of nitrogens with zero attached hydrogens (tertiary/aromatic N) is 1. The fraction of sp³-hybridized carbons (Fsp3) is 0.118. The Morgan fingerprint density at radius 2 is 1.84 bits per heavy atom. The van der Waals surface area contributed by atoms with E-state index in [9.17, 15) is 8.42 Å². The van der Waals surface area contributed by atoms with Crippen molar-refractivity contribution in [3.8, 4) is 5.75 Å². The van der Waals surface area contributed by atoms with Gasteiger partial charge in [0.2, 0.25) is 0 Å². The minimum absolute atomic E-state index is 0.0927. The molecule has 0 aliphatic carbocycles. The van der Waals surface area contributed by atoms with Gasteiger partial charge in [0, 0.05) is 21.6 Å². The van der Waals surface area contributed by atoms with Crippen molar-refractivity contribution in [2.24, 2.45) is 0 Å². The first-order chi connectivity index (χ1) is 11.9. The molecule has 3 aromatic rings. The van der Waals surface area contributed by atoms with Gasteiger partial charge >= 0.3 is 0 Å². The van der Waals surface area contributed by atoms with Crippen molar-refractivity contribution in [2.75, 3.05) is 11.3 Å². The normalized spacial score (nSPS) is 11.5. The van der Waals surface area contributed by atoms with Crippen LogP contribution in [0.4, 0.5) is 5.69 Å². The van der Waals surface area contributed by atoms with E-state index >= 15 is 0 Å². The summed E-state index contributed by atoms with van der Waals surface area (Å²) in [7, 11) is -3.87. The lowest BCUT2D eigenvalue weighted by Gasteiger charge is -2.13. The Kier molecular flexibility index (Phi) is 5.03. The van der Waals surface area contributed by atoms with E-state index in [-0.39, 0.29) is 10.6 Å². The molecular weight excluding hydrogens is 383 g/mol. The number of anilines is 1. The second-order valence-corrected chi connectivity index (χ2v) is 7.68. The number of halogens is 2. The third-order valence-corrected chi connectivity index (χ3v) is 5.27. The van der Waals surface area contributed by atoms with Gasteiger partial charge in [-0.15, -0.1) is 0 Å². The molecule has 5 nitrogen and oxygen atoms in total. The van der Waals surface area contributed by atoms with E-state index in [1.807, 2.05) is 6.92 Å². The third kappa shape index (κ3) is 3.81. The Morgan fingerprint density at radius 3 is 2.52 bits per heavy atom. The van der Waals surface area contributed by atoms with Crippen molar-refractivity contribution >= 4 is 49.8 Å². The minimum atomic E-state index is -3.87. The molecule has 1 N–H and O–H groups in total. The highest BCUT2D eigenvalue weighted by Gasteiger charge is 2.20. The van der Waals surface area contributed by atoms with Gasteiger partial charge in [0.15, 0.2) is 0 Å². The Bertz CT molecular complexity index is 1020. The number of nitrogens with one attached hydrogen (secondary N) is 1. The molecule has 25 heavy (non-hydrogen) atoms. The van der Waals surface area contributed by atoms with Gasteiger partial charge in [0.1, 0.15) is 11.3 Å². The number of aromatic nitrogens is 1. The molecule has 130 valence electrons. The molecule has 1 aromatic heterocycles. The molecule has 2 aromatic carbocycles. The molecule has 0 atom stereocenters. The zero-order valence-corrected chi connectivity index (χ0v) is 15.5. The summed E-state index contributed by atoms with van der Waals surface area (Å²) >= 11 is 11.9. The van der Waals surface area contributed by atoms with Gasteiger partial charge in [-0.05, 0) is 49.4 Å². The van der Waals surface area contributed by atoms with Gasteiger partial charge in [-0.2, -0.15) is 0 Å².